The van der Waals surface area contributed by atoms with Gasteiger partial charge in [0.2, 0.25) is 0 Å². The Kier molecular flexibility index (Phi) is 5.64. The fraction of sp³-hybridized carbons (Fsp3) is 0.385. The summed E-state index contributed by atoms with van der Waals surface area (Å²) < 4.78 is 4.77. The molecule has 0 unspecified atom stereocenters. The van der Waals surface area contributed by atoms with Gasteiger partial charge in [-0.2, -0.15) is 0 Å². The topological polar surface area (TPSA) is 98.5 Å². The summed E-state index contributed by atoms with van der Waals surface area (Å²) in [4.78, 5) is 33.3. The normalized spacial score (nSPS) is 11.5. The van der Waals surface area contributed by atoms with Gasteiger partial charge in [-0.15, -0.1) is 0 Å². The highest BCUT2D eigenvalue weighted by Crippen LogP contribution is 2.18. The summed E-state index contributed by atoms with van der Waals surface area (Å²) in [5.41, 5.74) is -0.520. The first-order chi connectivity index (χ1) is 9.45. The molecule has 1 aromatic rings. The van der Waals surface area contributed by atoms with Crippen molar-refractivity contribution in [3.05, 3.63) is 39.9 Å². The maximum Gasteiger partial charge on any atom is 0.345 e. The van der Waals surface area contributed by atoms with Gasteiger partial charge in [0.25, 0.3) is 11.6 Å². The largest absolute Gasteiger partial charge is 0.452 e. The van der Waals surface area contributed by atoms with Gasteiger partial charge in [-0.05, 0) is 19.4 Å². The second-order valence-corrected chi connectivity index (χ2v) is 4.23. The fourth-order valence-corrected chi connectivity index (χ4v) is 1.43. The zero-order chi connectivity index (χ0) is 15.1. The summed E-state index contributed by atoms with van der Waals surface area (Å²) in [5.74, 6) is -1.33. The number of benzene rings is 1. The van der Waals surface area contributed by atoms with E-state index < -0.39 is 23.4 Å². The lowest BCUT2D eigenvalue weighted by Crippen LogP contribution is -2.35. The third-order valence-corrected chi connectivity index (χ3v) is 2.67. The predicted molar refractivity (Wildman–Crippen MR) is 71.3 cm³/mol. The second kappa shape index (κ2) is 7.22. The van der Waals surface area contributed by atoms with E-state index in [9.17, 15) is 19.7 Å². The lowest BCUT2D eigenvalue weighted by atomic mass is 10.2. The van der Waals surface area contributed by atoms with Crippen molar-refractivity contribution in [1.82, 2.24) is 5.32 Å². The fourth-order valence-electron chi connectivity index (χ4n) is 1.43. The Labute approximate surface area is 116 Å². The van der Waals surface area contributed by atoms with Crippen LogP contribution >= 0.6 is 0 Å². The van der Waals surface area contributed by atoms with Crippen LogP contribution in [0.1, 0.15) is 30.6 Å². The molecule has 0 aromatic heterocycles. The van der Waals surface area contributed by atoms with Gasteiger partial charge >= 0.3 is 5.97 Å². The average molecular weight is 280 g/mol. The maximum absolute atomic E-state index is 11.7. The summed E-state index contributed by atoms with van der Waals surface area (Å²) >= 11 is 0. The molecule has 20 heavy (non-hydrogen) atoms. The maximum atomic E-state index is 11.7. The molecule has 1 N–H and O–H groups in total. The lowest BCUT2D eigenvalue weighted by Gasteiger charge is -2.11. The molecule has 108 valence electrons. The van der Waals surface area contributed by atoms with Crippen LogP contribution in [0.25, 0.3) is 0 Å². The van der Waals surface area contributed by atoms with Crippen molar-refractivity contribution in [2.75, 3.05) is 6.61 Å². The van der Waals surface area contributed by atoms with Crippen molar-refractivity contribution in [2.45, 2.75) is 26.3 Å². The van der Waals surface area contributed by atoms with Crippen molar-refractivity contribution in [3.63, 3.8) is 0 Å². The van der Waals surface area contributed by atoms with Gasteiger partial charge < -0.3 is 10.1 Å². The van der Waals surface area contributed by atoms with E-state index in [0.717, 1.165) is 6.42 Å². The molecule has 7 nitrogen and oxygen atoms in total. The molecule has 0 aliphatic carbocycles. The quantitative estimate of drug-likeness (QED) is 0.485. The van der Waals surface area contributed by atoms with Crippen LogP contribution in [0.4, 0.5) is 5.69 Å². The molecule has 0 bridgehead atoms. The first-order valence-corrected chi connectivity index (χ1v) is 6.15. The molecule has 0 heterocycles. The van der Waals surface area contributed by atoms with E-state index in [2.05, 4.69) is 5.32 Å². The number of esters is 1. The number of hydrogen-bond donors (Lipinski definition) is 1. The number of hydrogen-bond acceptors (Lipinski definition) is 5. The highest BCUT2D eigenvalue weighted by Gasteiger charge is 2.21. The zero-order valence-electron chi connectivity index (χ0n) is 11.3. The van der Waals surface area contributed by atoms with Crippen LogP contribution < -0.4 is 5.32 Å². The van der Waals surface area contributed by atoms with E-state index in [1.54, 1.807) is 0 Å². The van der Waals surface area contributed by atoms with E-state index in [1.165, 1.54) is 24.3 Å². The van der Waals surface area contributed by atoms with E-state index in [-0.39, 0.29) is 17.3 Å². The van der Waals surface area contributed by atoms with E-state index >= 15 is 0 Å². The van der Waals surface area contributed by atoms with Crippen molar-refractivity contribution >= 4 is 17.6 Å². The number of nitro groups is 1. The Hall–Kier alpha value is -2.44. The molecule has 0 aliphatic rings. The third-order valence-electron chi connectivity index (χ3n) is 2.67. The number of para-hydroxylation sites is 1. The minimum Gasteiger partial charge on any atom is -0.452 e. The number of carbonyl (C=O) groups excluding carboxylic acids is 2. The van der Waals surface area contributed by atoms with Crippen LogP contribution in [0.15, 0.2) is 24.3 Å². The molecule has 7 heteroatoms. The highest BCUT2D eigenvalue weighted by molar-refractivity contribution is 5.95. The first-order valence-electron chi connectivity index (χ1n) is 6.15. The zero-order valence-corrected chi connectivity index (χ0v) is 11.3. The molecule has 1 aromatic carbocycles. The predicted octanol–water partition coefficient (Wildman–Crippen LogP) is 1.67. The Morgan fingerprint density at radius 3 is 2.65 bits per heavy atom. The molecule has 1 rings (SSSR count). The molecule has 1 atom stereocenters. The molecule has 0 spiro atoms. The van der Waals surface area contributed by atoms with Crippen molar-refractivity contribution in [2.24, 2.45) is 0 Å². The van der Waals surface area contributed by atoms with Gasteiger partial charge in [0.15, 0.2) is 6.61 Å². The van der Waals surface area contributed by atoms with Gasteiger partial charge in [-0.25, -0.2) is 4.79 Å². The van der Waals surface area contributed by atoms with Crippen molar-refractivity contribution in [3.8, 4) is 0 Å². The standard InChI is InChI=1S/C13H16N2O5/c1-3-9(2)14-12(16)8-20-13(17)10-6-4-5-7-11(10)15(18)19/h4-7,9H,3,8H2,1-2H3,(H,14,16)/t9-/m1/s1. The number of nitro benzene ring substituents is 1. The van der Waals surface area contributed by atoms with Crippen LogP contribution in [0, 0.1) is 10.1 Å². The molecule has 1 amide bonds. The molecular formula is C13H16N2O5. The number of carbonyl (C=O) groups is 2. The minimum atomic E-state index is -0.892. The van der Waals surface area contributed by atoms with Crippen LogP contribution in [0.5, 0.6) is 0 Å². The third kappa shape index (κ3) is 4.34. The lowest BCUT2D eigenvalue weighted by molar-refractivity contribution is -0.385. The molecule has 0 fully saturated rings. The van der Waals surface area contributed by atoms with Crippen LogP contribution in [0.3, 0.4) is 0 Å². The minimum absolute atomic E-state index is 0.0211. The molecule has 0 radical (unpaired) electrons. The highest BCUT2D eigenvalue weighted by atomic mass is 16.6. The monoisotopic (exact) mass is 280 g/mol. The number of nitrogens with zero attached hydrogens (tertiary/aromatic N) is 1. The Balaban J connectivity index is 2.64. The Morgan fingerprint density at radius 1 is 1.40 bits per heavy atom. The first kappa shape index (κ1) is 15.6. The van der Waals surface area contributed by atoms with Gasteiger partial charge in [-0.1, -0.05) is 19.1 Å². The molecule has 0 aliphatic heterocycles. The van der Waals surface area contributed by atoms with Crippen LogP contribution in [-0.2, 0) is 9.53 Å². The van der Waals surface area contributed by atoms with E-state index in [0.29, 0.717) is 0 Å². The summed E-state index contributed by atoms with van der Waals surface area (Å²) in [6, 6.07) is 5.41. The van der Waals surface area contributed by atoms with Gasteiger partial charge in [-0.3, -0.25) is 14.9 Å². The SMILES string of the molecule is CC[C@@H](C)NC(=O)COC(=O)c1ccccc1[N+](=O)[O-]. The van der Waals surface area contributed by atoms with Crippen LogP contribution in [-0.4, -0.2) is 29.4 Å². The summed E-state index contributed by atoms with van der Waals surface area (Å²) in [6.45, 7) is 3.27. The Bertz CT molecular complexity index is 515. The number of nitrogens with one attached hydrogen (secondary N) is 1. The van der Waals surface area contributed by atoms with E-state index in [1.807, 2.05) is 13.8 Å². The number of ether oxygens (including phenoxy) is 1. The molecular weight excluding hydrogens is 264 g/mol. The molecule has 0 saturated carbocycles. The summed E-state index contributed by atoms with van der Waals surface area (Å²) in [5, 5.41) is 13.4. The number of rotatable bonds is 6. The summed E-state index contributed by atoms with van der Waals surface area (Å²) in [7, 11) is 0. The smallest absolute Gasteiger partial charge is 0.345 e. The Morgan fingerprint density at radius 2 is 2.05 bits per heavy atom. The van der Waals surface area contributed by atoms with E-state index in [4.69, 9.17) is 4.74 Å². The average Bonchev–Trinajstić information content (AvgIpc) is 2.44. The van der Waals surface area contributed by atoms with Crippen molar-refractivity contribution in [1.29, 1.82) is 0 Å². The van der Waals surface area contributed by atoms with Gasteiger partial charge in [0, 0.05) is 12.1 Å². The summed E-state index contributed by atoms with van der Waals surface area (Å²) in [6.07, 6.45) is 0.754. The van der Waals surface area contributed by atoms with Gasteiger partial charge in [0.1, 0.15) is 5.56 Å². The second-order valence-electron chi connectivity index (χ2n) is 4.23. The van der Waals surface area contributed by atoms with Crippen LogP contribution in [0.2, 0.25) is 0 Å². The van der Waals surface area contributed by atoms with Crippen molar-refractivity contribution < 1.29 is 19.2 Å². The van der Waals surface area contributed by atoms with Gasteiger partial charge in [0.05, 0.1) is 4.92 Å². The number of amides is 1. The molecule has 0 saturated heterocycles.